The van der Waals surface area contributed by atoms with E-state index in [0.29, 0.717) is 12.0 Å². The van der Waals surface area contributed by atoms with Crippen LogP contribution in [0.4, 0.5) is 0 Å². The molecule has 16 heavy (non-hydrogen) atoms. The summed E-state index contributed by atoms with van der Waals surface area (Å²) in [6, 6.07) is 4.48. The molecule has 0 aromatic heterocycles. The van der Waals surface area contributed by atoms with Gasteiger partial charge < -0.3 is 14.8 Å². The van der Waals surface area contributed by atoms with Crippen molar-refractivity contribution >= 4 is 0 Å². The molecule has 0 bridgehead atoms. The third-order valence-electron chi connectivity index (χ3n) is 3.41. The molecule has 0 aliphatic heterocycles. The fourth-order valence-electron chi connectivity index (χ4n) is 2.62. The van der Waals surface area contributed by atoms with E-state index < -0.39 is 0 Å². The molecule has 2 atom stereocenters. The van der Waals surface area contributed by atoms with Crippen molar-refractivity contribution in [2.45, 2.75) is 19.4 Å². The Morgan fingerprint density at radius 1 is 1.25 bits per heavy atom. The minimum Gasteiger partial charge on any atom is -0.497 e. The zero-order valence-electron chi connectivity index (χ0n) is 10.3. The Morgan fingerprint density at radius 3 is 2.56 bits per heavy atom. The highest BCUT2D eigenvalue weighted by Gasteiger charge is 2.31. The van der Waals surface area contributed by atoms with Crippen molar-refractivity contribution in [3.63, 3.8) is 0 Å². The van der Waals surface area contributed by atoms with E-state index >= 15 is 0 Å². The summed E-state index contributed by atoms with van der Waals surface area (Å²) in [5.41, 5.74) is 2.63. The summed E-state index contributed by atoms with van der Waals surface area (Å²) < 4.78 is 10.7. The molecule has 0 heterocycles. The SMILES string of the molecule is CNC1c2cc(OC)cc(OC)c2CC1C. The molecular formula is C13H19NO2. The predicted octanol–water partition coefficient (Wildman–Crippen LogP) is 2.16. The van der Waals surface area contributed by atoms with Crippen molar-refractivity contribution in [2.75, 3.05) is 21.3 Å². The molecule has 1 N–H and O–H groups in total. The molecule has 88 valence electrons. The summed E-state index contributed by atoms with van der Waals surface area (Å²) in [7, 11) is 5.41. The van der Waals surface area contributed by atoms with Gasteiger partial charge in [0.15, 0.2) is 0 Å². The van der Waals surface area contributed by atoms with Crippen LogP contribution in [0.5, 0.6) is 11.5 Å². The smallest absolute Gasteiger partial charge is 0.126 e. The average Bonchev–Trinajstić information content (AvgIpc) is 2.62. The van der Waals surface area contributed by atoms with Crippen molar-refractivity contribution in [3.8, 4) is 11.5 Å². The highest BCUT2D eigenvalue weighted by atomic mass is 16.5. The predicted molar refractivity (Wildman–Crippen MR) is 64.2 cm³/mol. The van der Waals surface area contributed by atoms with Crippen LogP contribution in [0, 0.1) is 5.92 Å². The zero-order valence-corrected chi connectivity index (χ0v) is 10.3. The standard InChI is InChI=1S/C13H19NO2/c1-8-5-10-11(13(8)14-2)6-9(15-3)7-12(10)16-4/h6-8,13-14H,5H2,1-4H3. The molecular weight excluding hydrogens is 202 g/mol. The quantitative estimate of drug-likeness (QED) is 0.848. The van der Waals surface area contributed by atoms with Gasteiger partial charge in [0.25, 0.3) is 0 Å². The van der Waals surface area contributed by atoms with Crippen molar-refractivity contribution < 1.29 is 9.47 Å². The van der Waals surface area contributed by atoms with Crippen molar-refractivity contribution in [1.82, 2.24) is 5.32 Å². The molecule has 0 fully saturated rings. The summed E-state index contributed by atoms with van der Waals surface area (Å²) in [6.07, 6.45) is 1.06. The third kappa shape index (κ3) is 1.65. The summed E-state index contributed by atoms with van der Waals surface area (Å²) in [4.78, 5) is 0. The highest BCUT2D eigenvalue weighted by molar-refractivity contribution is 5.51. The van der Waals surface area contributed by atoms with Crippen LogP contribution in [0.15, 0.2) is 12.1 Å². The highest BCUT2D eigenvalue weighted by Crippen LogP contribution is 2.42. The Bertz CT molecular complexity index is 390. The van der Waals surface area contributed by atoms with Crippen LogP contribution in [0.25, 0.3) is 0 Å². The third-order valence-corrected chi connectivity index (χ3v) is 3.41. The molecule has 2 rings (SSSR count). The van der Waals surface area contributed by atoms with E-state index in [1.165, 1.54) is 11.1 Å². The molecule has 3 nitrogen and oxygen atoms in total. The Kier molecular flexibility index (Phi) is 3.06. The molecule has 0 spiro atoms. The minimum absolute atomic E-state index is 0.402. The molecule has 1 aliphatic carbocycles. The van der Waals surface area contributed by atoms with Gasteiger partial charge in [0, 0.05) is 12.1 Å². The molecule has 2 unspecified atom stereocenters. The Morgan fingerprint density at radius 2 is 2.00 bits per heavy atom. The largest absolute Gasteiger partial charge is 0.497 e. The van der Waals surface area contributed by atoms with E-state index in [4.69, 9.17) is 9.47 Å². The van der Waals surface area contributed by atoms with Gasteiger partial charge in [-0.05, 0) is 36.6 Å². The van der Waals surface area contributed by atoms with Crippen LogP contribution in [-0.2, 0) is 6.42 Å². The first-order valence-electron chi connectivity index (χ1n) is 5.63. The van der Waals surface area contributed by atoms with Crippen molar-refractivity contribution in [2.24, 2.45) is 5.92 Å². The van der Waals surface area contributed by atoms with E-state index in [0.717, 1.165) is 17.9 Å². The van der Waals surface area contributed by atoms with Gasteiger partial charge in [0.05, 0.1) is 14.2 Å². The molecule has 1 aromatic carbocycles. The van der Waals surface area contributed by atoms with Crippen LogP contribution in [-0.4, -0.2) is 21.3 Å². The Labute approximate surface area is 96.8 Å². The number of hydrogen-bond donors (Lipinski definition) is 1. The summed E-state index contributed by atoms with van der Waals surface area (Å²) in [5, 5.41) is 3.36. The number of hydrogen-bond acceptors (Lipinski definition) is 3. The summed E-state index contributed by atoms with van der Waals surface area (Å²) in [6.45, 7) is 2.26. The van der Waals surface area contributed by atoms with Gasteiger partial charge in [-0.25, -0.2) is 0 Å². The first-order chi connectivity index (χ1) is 7.71. The fraction of sp³-hybridized carbons (Fsp3) is 0.538. The van der Waals surface area contributed by atoms with Crippen LogP contribution >= 0.6 is 0 Å². The number of nitrogens with one attached hydrogen (secondary N) is 1. The van der Waals surface area contributed by atoms with E-state index in [1.54, 1.807) is 14.2 Å². The van der Waals surface area contributed by atoms with Crippen molar-refractivity contribution in [3.05, 3.63) is 23.3 Å². The monoisotopic (exact) mass is 221 g/mol. The zero-order chi connectivity index (χ0) is 11.7. The lowest BCUT2D eigenvalue weighted by atomic mass is 10.0. The molecule has 0 radical (unpaired) electrons. The maximum Gasteiger partial charge on any atom is 0.126 e. The first kappa shape index (κ1) is 11.3. The normalized spacial score (nSPS) is 23.0. The van der Waals surface area contributed by atoms with Gasteiger partial charge >= 0.3 is 0 Å². The fourth-order valence-corrected chi connectivity index (χ4v) is 2.62. The molecule has 1 aliphatic rings. The number of methoxy groups -OCH3 is 2. The van der Waals surface area contributed by atoms with E-state index in [1.807, 2.05) is 13.1 Å². The van der Waals surface area contributed by atoms with E-state index in [9.17, 15) is 0 Å². The second kappa shape index (κ2) is 4.34. The maximum atomic E-state index is 5.43. The average molecular weight is 221 g/mol. The van der Waals surface area contributed by atoms with Gasteiger partial charge in [0.1, 0.15) is 11.5 Å². The van der Waals surface area contributed by atoms with E-state index in [-0.39, 0.29) is 0 Å². The van der Waals surface area contributed by atoms with Gasteiger partial charge in [-0.2, -0.15) is 0 Å². The van der Waals surface area contributed by atoms with Crippen LogP contribution < -0.4 is 14.8 Å². The first-order valence-corrected chi connectivity index (χ1v) is 5.63. The number of fused-ring (bicyclic) bond motifs is 1. The van der Waals surface area contributed by atoms with Gasteiger partial charge in [-0.15, -0.1) is 0 Å². The Balaban J connectivity index is 2.51. The second-order valence-electron chi connectivity index (χ2n) is 4.35. The van der Waals surface area contributed by atoms with Gasteiger partial charge in [-0.1, -0.05) is 6.92 Å². The number of benzene rings is 1. The molecule has 0 amide bonds. The van der Waals surface area contributed by atoms with Crippen molar-refractivity contribution in [1.29, 1.82) is 0 Å². The minimum atomic E-state index is 0.402. The molecule has 0 saturated heterocycles. The lowest BCUT2D eigenvalue weighted by molar-refractivity contribution is 0.391. The lowest BCUT2D eigenvalue weighted by Gasteiger charge is -2.16. The molecule has 3 heteroatoms. The second-order valence-corrected chi connectivity index (χ2v) is 4.35. The van der Waals surface area contributed by atoms with Crippen LogP contribution in [0.2, 0.25) is 0 Å². The lowest BCUT2D eigenvalue weighted by Crippen LogP contribution is -2.19. The number of rotatable bonds is 3. The van der Waals surface area contributed by atoms with Crippen LogP contribution in [0.3, 0.4) is 0 Å². The molecule has 0 saturated carbocycles. The van der Waals surface area contributed by atoms with Gasteiger partial charge in [-0.3, -0.25) is 0 Å². The van der Waals surface area contributed by atoms with E-state index in [2.05, 4.69) is 18.3 Å². The topological polar surface area (TPSA) is 30.5 Å². The summed E-state index contributed by atoms with van der Waals surface area (Å²) in [5.74, 6) is 2.41. The number of ether oxygens (including phenoxy) is 2. The Hall–Kier alpha value is -1.22. The maximum absolute atomic E-state index is 5.43. The van der Waals surface area contributed by atoms with Gasteiger partial charge in [0.2, 0.25) is 0 Å². The molecule has 1 aromatic rings. The summed E-state index contributed by atoms with van der Waals surface area (Å²) >= 11 is 0. The van der Waals surface area contributed by atoms with Crippen LogP contribution in [0.1, 0.15) is 24.1 Å².